The van der Waals surface area contributed by atoms with E-state index in [2.05, 4.69) is 23.1 Å². The number of hydrogen-bond donors (Lipinski definition) is 11. The summed E-state index contributed by atoms with van der Waals surface area (Å²) in [6.07, 6.45) is -0.465. The van der Waals surface area contributed by atoms with Gasteiger partial charge in [0.25, 0.3) is 0 Å². The lowest BCUT2D eigenvalue weighted by Gasteiger charge is -2.19. The van der Waals surface area contributed by atoms with Crippen LogP contribution < -0.4 is 22.8 Å². The maximum absolute atomic E-state index is 11.9. The summed E-state index contributed by atoms with van der Waals surface area (Å²) in [4.78, 5) is 65.8. The molecule has 0 fully saturated rings. The highest BCUT2D eigenvalue weighted by Gasteiger charge is 2.42. The van der Waals surface area contributed by atoms with Crippen molar-refractivity contribution in [3.05, 3.63) is 68.8 Å². The summed E-state index contributed by atoms with van der Waals surface area (Å²) >= 11 is 0. The van der Waals surface area contributed by atoms with Gasteiger partial charge in [-0.05, 0) is 23.3 Å². The van der Waals surface area contributed by atoms with Gasteiger partial charge in [-0.25, -0.2) is 23.3 Å². The van der Waals surface area contributed by atoms with Gasteiger partial charge >= 0.3 is 34.8 Å². The van der Waals surface area contributed by atoms with Crippen molar-refractivity contribution in [1.82, 2.24) is 19.1 Å². The van der Waals surface area contributed by atoms with Crippen LogP contribution in [0.25, 0.3) is 0 Å². The summed E-state index contributed by atoms with van der Waals surface area (Å²) < 4.78 is 47.1. The molecule has 0 aromatic carbocycles. The molecule has 0 saturated heterocycles. The minimum atomic E-state index is -5.69. The average molecular weight is 718 g/mol. The Bertz CT molecular complexity index is 1760. The van der Waals surface area contributed by atoms with Crippen molar-refractivity contribution in [1.29, 1.82) is 0 Å². The molecule has 0 spiro atoms. The number of aliphatic hydroxyl groups is 5. The Morgan fingerprint density at radius 1 is 0.739 bits per heavy atom. The second kappa shape index (κ2) is 14.4. The Labute approximate surface area is 256 Å². The van der Waals surface area contributed by atoms with Gasteiger partial charge < -0.3 is 56.6 Å². The van der Waals surface area contributed by atoms with Crippen LogP contribution in [0, 0.1) is 0 Å². The first-order chi connectivity index (χ1) is 21.1. The summed E-state index contributed by atoms with van der Waals surface area (Å²) in [5, 5.41) is 48.4. The molecule has 4 unspecified atom stereocenters. The number of nitrogens with zero attached hydrogens (tertiary/aromatic N) is 4. The van der Waals surface area contributed by atoms with Crippen molar-refractivity contribution >= 4 is 35.1 Å². The molecule has 4 rings (SSSR count). The van der Waals surface area contributed by atoms with Crippen molar-refractivity contribution in [3.8, 4) is 0 Å². The third-order valence-electron chi connectivity index (χ3n) is 6.21. The maximum atomic E-state index is 11.9. The first kappa shape index (κ1) is 37.5. The zero-order chi connectivity index (χ0) is 34.8. The molecule has 2 aromatic rings. The van der Waals surface area contributed by atoms with Crippen molar-refractivity contribution in [2.45, 2.75) is 36.5 Å². The second-order valence-corrected chi connectivity index (χ2v) is 13.9. The topological polar surface area (TPSA) is 383 Å². The summed E-state index contributed by atoms with van der Waals surface area (Å²) in [5.41, 5.74) is 9.30. The normalized spacial score (nSPS) is 27.2. The van der Waals surface area contributed by atoms with Crippen LogP contribution in [0.15, 0.2) is 57.4 Å². The molecule has 2 aliphatic carbocycles. The SMILES string of the molecule is Nc1ccn([C@@H]2C=C(CO)C(O)[C@@H]2O)c(=O)n1.Nc1ccn([C@@H]2C=C(COP(=O)(O)OP(=O)(O)OP(=O)(O)O)C(O)[C@@H]2O)c(=O)n1. The molecule has 23 nitrogen and oxygen atoms in total. The molecule has 0 aliphatic heterocycles. The van der Waals surface area contributed by atoms with Crippen molar-refractivity contribution < 1.29 is 71.9 Å². The van der Waals surface area contributed by atoms with Gasteiger partial charge in [-0.1, -0.05) is 12.2 Å². The summed E-state index contributed by atoms with van der Waals surface area (Å²) in [5.74, 6) is 0.00166. The Morgan fingerprint density at radius 3 is 1.57 bits per heavy atom. The number of rotatable bonds is 10. The van der Waals surface area contributed by atoms with Crippen LogP contribution in [0.2, 0.25) is 0 Å². The highest BCUT2D eigenvalue weighted by Crippen LogP contribution is 2.66. The molecule has 0 bridgehead atoms. The first-order valence-corrected chi connectivity index (χ1v) is 16.9. The van der Waals surface area contributed by atoms with E-state index in [1.54, 1.807) is 0 Å². The van der Waals surface area contributed by atoms with Gasteiger partial charge in [0.1, 0.15) is 36.1 Å². The van der Waals surface area contributed by atoms with Crippen molar-refractivity contribution in [3.63, 3.8) is 0 Å². The Hall–Kier alpha value is -2.95. The van der Waals surface area contributed by atoms with Gasteiger partial charge in [0.15, 0.2) is 0 Å². The second-order valence-electron chi connectivity index (χ2n) is 9.44. The highest BCUT2D eigenvalue weighted by molar-refractivity contribution is 7.66. The molecule has 26 heteroatoms. The quantitative estimate of drug-likeness (QED) is 0.0834. The number of aromatic nitrogens is 4. The van der Waals surface area contributed by atoms with Gasteiger partial charge in [-0.2, -0.15) is 18.6 Å². The molecule has 2 heterocycles. The number of anilines is 2. The van der Waals surface area contributed by atoms with E-state index in [1.165, 1.54) is 30.6 Å². The van der Waals surface area contributed by atoms with Crippen LogP contribution in [-0.4, -0.2) is 102 Å². The van der Waals surface area contributed by atoms with Crippen LogP contribution in [0.3, 0.4) is 0 Å². The van der Waals surface area contributed by atoms with Crippen molar-refractivity contribution in [2.24, 2.45) is 0 Å². The van der Waals surface area contributed by atoms with Crippen LogP contribution in [0.4, 0.5) is 11.6 Å². The number of phosphoric acid groups is 3. The molecular formula is C20H29N6O17P3. The lowest BCUT2D eigenvalue weighted by Crippen LogP contribution is -2.35. The fourth-order valence-corrected chi connectivity index (χ4v) is 7.19. The average Bonchev–Trinajstić information content (AvgIpc) is 3.35. The maximum Gasteiger partial charge on any atom is 0.490 e. The van der Waals surface area contributed by atoms with E-state index >= 15 is 0 Å². The molecule has 2 aromatic heterocycles. The van der Waals surface area contributed by atoms with Gasteiger partial charge in [0.05, 0.1) is 25.3 Å². The summed E-state index contributed by atoms with van der Waals surface area (Å²) in [7, 11) is -16.7. The Morgan fingerprint density at radius 2 is 1.17 bits per heavy atom. The van der Waals surface area contributed by atoms with E-state index in [4.69, 9.17) is 31.3 Å². The van der Waals surface area contributed by atoms with Gasteiger partial charge in [-0.15, -0.1) is 0 Å². The minimum Gasteiger partial charge on any atom is -0.392 e. The van der Waals surface area contributed by atoms with E-state index < -0.39 is 78.0 Å². The van der Waals surface area contributed by atoms with Gasteiger partial charge in [0.2, 0.25) is 0 Å². The number of phosphoric ester groups is 1. The predicted molar refractivity (Wildman–Crippen MR) is 151 cm³/mol. The first-order valence-electron chi connectivity index (χ1n) is 12.4. The monoisotopic (exact) mass is 718 g/mol. The van der Waals surface area contributed by atoms with Crippen LogP contribution in [-0.2, 0) is 26.8 Å². The standard InChI is InChI=1S/C10H16N3O13P3.C10H13N3O4/c11-7-1-2-13(10(16)12-7)6-3-5(8(14)9(6)15)4-24-28(20,21)26-29(22,23)25-27(17,18)19;11-7-1-2-13(10(17)12-7)6-3-5(4-14)8(15)9(6)16/h1-3,6,8-9,14-15H,4H2,(H,20,21)(H,22,23)(H2,11,12,16)(H2,17,18,19);1-3,6,8-9,14-16H,4H2,(H2,11,12,17)/t2*6-,8?,9-/m11/s1. The smallest absolute Gasteiger partial charge is 0.392 e. The third-order valence-corrected chi connectivity index (χ3v) is 10.00. The number of aliphatic hydroxyl groups excluding tert-OH is 5. The zero-order valence-electron chi connectivity index (χ0n) is 22.9. The minimum absolute atomic E-state index is 0.0869. The zero-order valence-corrected chi connectivity index (χ0v) is 25.6. The lowest BCUT2D eigenvalue weighted by atomic mass is 10.1. The number of nitrogens with two attached hydrogens (primary N) is 2. The van der Waals surface area contributed by atoms with Gasteiger partial charge in [0, 0.05) is 12.4 Å². The van der Waals surface area contributed by atoms with E-state index in [9.17, 15) is 48.6 Å². The lowest BCUT2D eigenvalue weighted by molar-refractivity contribution is 0.0270. The van der Waals surface area contributed by atoms with E-state index in [-0.39, 0.29) is 29.4 Å². The third kappa shape index (κ3) is 9.55. The van der Waals surface area contributed by atoms with Crippen LogP contribution in [0.5, 0.6) is 0 Å². The number of nitrogen functional groups attached to an aromatic ring is 2. The Kier molecular flexibility index (Phi) is 11.8. The van der Waals surface area contributed by atoms with E-state index in [0.29, 0.717) is 0 Å². The largest absolute Gasteiger partial charge is 0.490 e. The van der Waals surface area contributed by atoms with E-state index in [0.717, 1.165) is 15.2 Å². The van der Waals surface area contributed by atoms with Crippen LogP contribution in [0.1, 0.15) is 12.1 Å². The molecule has 256 valence electrons. The van der Waals surface area contributed by atoms with Crippen molar-refractivity contribution in [2.75, 3.05) is 24.7 Å². The Balaban J connectivity index is 0.000000286. The molecule has 13 N–H and O–H groups in total. The summed E-state index contributed by atoms with van der Waals surface area (Å²) in [6, 6.07) is 0.779. The number of hydrogen-bond acceptors (Lipinski definition) is 17. The molecule has 8 atom stereocenters. The fraction of sp³-hybridized carbons (Fsp3) is 0.400. The van der Waals surface area contributed by atoms with E-state index in [1.807, 2.05) is 0 Å². The molecule has 46 heavy (non-hydrogen) atoms. The fourth-order valence-electron chi connectivity index (χ4n) is 4.18. The molecule has 0 radical (unpaired) electrons. The van der Waals surface area contributed by atoms with Gasteiger partial charge in [-0.3, -0.25) is 13.7 Å². The van der Waals surface area contributed by atoms with Crippen LogP contribution >= 0.6 is 23.5 Å². The molecule has 2 aliphatic rings. The molecule has 0 saturated carbocycles. The molecule has 0 amide bonds. The predicted octanol–water partition coefficient (Wildman–Crippen LogP) is -3.61. The molecular weight excluding hydrogens is 689 g/mol. The summed E-state index contributed by atoms with van der Waals surface area (Å²) in [6.45, 7) is -1.30. The highest BCUT2D eigenvalue weighted by atomic mass is 31.3.